The normalized spacial score (nSPS) is 25.7. The number of para-hydroxylation sites is 1. The third kappa shape index (κ3) is 6.57. The van der Waals surface area contributed by atoms with Crippen LogP contribution in [0.25, 0.3) is 0 Å². The van der Waals surface area contributed by atoms with Gasteiger partial charge in [-0.1, -0.05) is 24.1 Å². The van der Waals surface area contributed by atoms with Crippen molar-refractivity contribution in [2.24, 2.45) is 5.41 Å². The number of aromatic nitrogens is 2. The van der Waals surface area contributed by atoms with Crippen molar-refractivity contribution in [2.45, 2.75) is 58.3 Å². The third-order valence-electron chi connectivity index (χ3n) is 5.63. The molecule has 0 amide bonds. The summed E-state index contributed by atoms with van der Waals surface area (Å²) < 4.78 is 36.9. The molecule has 0 radical (unpaired) electrons. The molecule has 13 heteroatoms. The first kappa shape index (κ1) is 28.4. The molecule has 1 fully saturated rings. The van der Waals surface area contributed by atoms with Crippen LogP contribution in [0.1, 0.15) is 33.9 Å². The van der Waals surface area contributed by atoms with Gasteiger partial charge in [-0.15, -0.1) is 6.42 Å². The van der Waals surface area contributed by atoms with Crippen LogP contribution in [0.3, 0.4) is 0 Å². The fourth-order valence-electron chi connectivity index (χ4n) is 3.67. The number of aromatic amines is 1. The number of H-pyrrole nitrogens is 1. The minimum Gasteiger partial charge on any atom is -0.462 e. The summed E-state index contributed by atoms with van der Waals surface area (Å²) in [4.78, 5) is 38.2. The van der Waals surface area contributed by atoms with Gasteiger partial charge in [-0.25, -0.2) is 9.36 Å². The number of nitrogens with one attached hydrogen (secondary N) is 2. The van der Waals surface area contributed by atoms with E-state index in [9.17, 15) is 24.1 Å². The standard InChI is InChI=1S/C24H30N3O9P/c1-6-24(5)20(29)18(35-22(24)27-13-12-19(28)25-23(27)31)14-33-37(32,36-17-10-8-7-9-11-17)26-16(4)21(30)34-15(2)3/h1,7-13,15-16,18,20,22,29H,14H2,2-5H3,(H,26,32)(H,25,28,31)/t16-,18-,20-,22-,24-,37-/m1/s1. The van der Waals surface area contributed by atoms with E-state index < -0.39 is 67.6 Å². The molecular formula is C24H30N3O9P. The number of nitrogens with zero attached hydrogens (tertiary/aromatic N) is 1. The monoisotopic (exact) mass is 535 g/mol. The van der Waals surface area contributed by atoms with Gasteiger partial charge >= 0.3 is 19.4 Å². The topological polar surface area (TPSA) is 158 Å². The number of hydrogen-bond acceptors (Lipinski definition) is 9. The lowest BCUT2D eigenvalue weighted by Gasteiger charge is -2.28. The highest BCUT2D eigenvalue weighted by Crippen LogP contribution is 2.48. The number of rotatable bonds is 10. The Kier molecular flexibility index (Phi) is 8.79. The maximum absolute atomic E-state index is 13.7. The summed E-state index contributed by atoms with van der Waals surface area (Å²) in [5.41, 5.74) is -2.82. The molecular weight excluding hydrogens is 505 g/mol. The average Bonchev–Trinajstić information content (AvgIpc) is 3.08. The lowest BCUT2D eigenvalue weighted by molar-refractivity contribution is -0.149. The third-order valence-corrected chi connectivity index (χ3v) is 7.28. The summed E-state index contributed by atoms with van der Waals surface area (Å²) in [6.07, 6.45) is 2.80. The highest BCUT2D eigenvalue weighted by Gasteiger charge is 2.54. The van der Waals surface area contributed by atoms with Gasteiger partial charge < -0.3 is 19.1 Å². The van der Waals surface area contributed by atoms with Gasteiger partial charge in [0.25, 0.3) is 5.56 Å². The van der Waals surface area contributed by atoms with Crippen LogP contribution in [0.4, 0.5) is 0 Å². The van der Waals surface area contributed by atoms with Crippen LogP contribution in [0.2, 0.25) is 0 Å². The van der Waals surface area contributed by atoms with Crippen molar-refractivity contribution in [2.75, 3.05) is 6.61 Å². The molecule has 1 aromatic heterocycles. The van der Waals surface area contributed by atoms with E-state index in [0.717, 1.165) is 10.6 Å². The van der Waals surface area contributed by atoms with Gasteiger partial charge in [-0.2, -0.15) is 5.09 Å². The number of aliphatic hydroxyl groups excluding tert-OH is 1. The van der Waals surface area contributed by atoms with Gasteiger partial charge in [0.15, 0.2) is 6.23 Å². The molecule has 1 saturated heterocycles. The van der Waals surface area contributed by atoms with E-state index in [2.05, 4.69) is 16.0 Å². The van der Waals surface area contributed by atoms with E-state index in [-0.39, 0.29) is 5.75 Å². The molecule has 0 unspecified atom stereocenters. The summed E-state index contributed by atoms with van der Waals surface area (Å²) in [6.45, 7) is 5.79. The maximum Gasteiger partial charge on any atom is 0.459 e. The molecule has 1 aliphatic heterocycles. The molecule has 0 saturated carbocycles. The molecule has 2 heterocycles. The minimum absolute atomic E-state index is 0.196. The molecule has 6 atom stereocenters. The maximum atomic E-state index is 13.7. The summed E-state index contributed by atoms with van der Waals surface area (Å²) >= 11 is 0. The molecule has 1 aromatic carbocycles. The van der Waals surface area contributed by atoms with Crippen molar-refractivity contribution in [3.05, 3.63) is 63.4 Å². The van der Waals surface area contributed by atoms with Crippen molar-refractivity contribution in [1.82, 2.24) is 14.6 Å². The Bertz CT molecular complexity index is 1300. The Morgan fingerprint density at radius 2 is 1.97 bits per heavy atom. The zero-order valence-electron chi connectivity index (χ0n) is 20.8. The van der Waals surface area contributed by atoms with Crippen LogP contribution >= 0.6 is 7.75 Å². The molecule has 12 nitrogen and oxygen atoms in total. The van der Waals surface area contributed by atoms with Crippen LogP contribution in [-0.4, -0.2) is 51.6 Å². The zero-order chi connectivity index (χ0) is 27.4. The first-order valence-corrected chi connectivity index (χ1v) is 13.0. The molecule has 2 aromatic rings. The number of esters is 1. The van der Waals surface area contributed by atoms with Crippen LogP contribution < -0.4 is 20.9 Å². The largest absolute Gasteiger partial charge is 0.462 e. The molecule has 1 aliphatic rings. The number of benzene rings is 1. The first-order valence-electron chi connectivity index (χ1n) is 11.5. The van der Waals surface area contributed by atoms with Gasteiger partial charge in [0.05, 0.1) is 12.7 Å². The lowest BCUT2D eigenvalue weighted by Crippen LogP contribution is -2.41. The number of aliphatic hydroxyl groups is 1. The Balaban J connectivity index is 1.84. The van der Waals surface area contributed by atoms with Gasteiger partial charge in [-0.3, -0.25) is 23.7 Å². The van der Waals surface area contributed by atoms with Crippen molar-refractivity contribution in [1.29, 1.82) is 0 Å². The summed E-state index contributed by atoms with van der Waals surface area (Å²) in [6, 6.07) is 8.18. The Morgan fingerprint density at radius 1 is 1.30 bits per heavy atom. The number of hydrogen-bond donors (Lipinski definition) is 3. The van der Waals surface area contributed by atoms with Gasteiger partial charge in [0.2, 0.25) is 0 Å². The van der Waals surface area contributed by atoms with E-state index in [1.165, 1.54) is 20.0 Å². The second kappa shape index (κ2) is 11.5. The summed E-state index contributed by atoms with van der Waals surface area (Å²) in [5.74, 6) is 1.97. The van der Waals surface area contributed by atoms with Crippen molar-refractivity contribution in [3.8, 4) is 18.1 Å². The number of carbonyl (C=O) groups excluding carboxylic acids is 1. The highest BCUT2D eigenvalue weighted by atomic mass is 31.2. The van der Waals surface area contributed by atoms with Crippen LogP contribution in [0.15, 0.2) is 52.2 Å². The lowest BCUT2D eigenvalue weighted by atomic mass is 9.83. The number of terminal acetylenes is 1. The quantitative estimate of drug-likeness (QED) is 0.232. The highest BCUT2D eigenvalue weighted by molar-refractivity contribution is 7.52. The minimum atomic E-state index is -4.24. The first-order chi connectivity index (χ1) is 17.4. The Morgan fingerprint density at radius 3 is 2.57 bits per heavy atom. The van der Waals surface area contributed by atoms with Crippen LogP contribution in [0.5, 0.6) is 5.75 Å². The molecule has 37 heavy (non-hydrogen) atoms. The Labute approximate surface area is 213 Å². The van der Waals surface area contributed by atoms with Crippen LogP contribution in [0, 0.1) is 17.8 Å². The predicted octanol–water partition coefficient (Wildman–Crippen LogP) is 1.57. The van der Waals surface area contributed by atoms with E-state index in [4.69, 9.17) is 24.9 Å². The predicted molar refractivity (Wildman–Crippen MR) is 133 cm³/mol. The van der Waals surface area contributed by atoms with E-state index in [1.807, 2.05) is 0 Å². The van der Waals surface area contributed by atoms with Crippen molar-refractivity contribution < 1.29 is 33.0 Å². The molecule has 200 valence electrons. The SMILES string of the molecule is C#C[C@]1(C)[C@H](O)[C@@H](CO[P@](=O)(N[C@H](C)C(=O)OC(C)C)Oc2ccccc2)O[C@H]1n1ccc(=O)[nH]c1=O. The van der Waals surface area contributed by atoms with E-state index in [0.29, 0.717) is 0 Å². The van der Waals surface area contributed by atoms with Gasteiger partial charge in [0.1, 0.15) is 29.4 Å². The molecule has 0 bridgehead atoms. The van der Waals surface area contributed by atoms with Crippen molar-refractivity contribution >= 4 is 13.7 Å². The molecule has 3 N–H and O–H groups in total. The molecule has 0 aliphatic carbocycles. The van der Waals surface area contributed by atoms with E-state index in [1.54, 1.807) is 44.2 Å². The second-order valence-corrected chi connectivity index (χ2v) is 10.6. The smallest absolute Gasteiger partial charge is 0.459 e. The fraction of sp³-hybridized carbons (Fsp3) is 0.458. The summed E-state index contributed by atoms with van der Waals surface area (Å²) in [7, 11) is -4.24. The fourth-order valence-corrected chi connectivity index (χ4v) is 5.18. The summed E-state index contributed by atoms with van der Waals surface area (Å²) in [5, 5.41) is 13.5. The van der Waals surface area contributed by atoms with E-state index >= 15 is 0 Å². The van der Waals surface area contributed by atoms with Crippen LogP contribution in [-0.2, 0) is 23.4 Å². The van der Waals surface area contributed by atoms with Crippen molar-refractivity contribution in [3.63, 3.8) is 0 Å². The number of carbonyl (C=O) groups is 1. The average molecular weight is 535 g/mol. The Hall–Kier alpha value is -3.20. The van der Waals surface area contributed by atoms with Gasteiger partial charge in [-0.05, 0) is 39.8 Å². The number of ether oxygens (including phenoxy) is 2. The second-order valence-electron chi connectivity index (χ2n) is 8.95. The zero-order valence-corrected chi connectivity index (χ0v) is 21.7. The molecule has 3 rings (SSSR count). The van der Waals surface area contributed by atoms with Gasteiger partial charge in [0, 0.05) is 12.3 Å². The molecule has 0 spiro atoms.